The van der Waals surface area contributed by atoms with Gasteiger partial charge in [-0.05, 0) is 36.0 Å². The van der Waals surface area contributed by atoms with Crippen LogP contribution in [0.4, 0.5) is 13.2 Å². The lowest BCUT2D eigenvalue weighted by molar-refractivity contribution is 0.332. The van der Waals surface area contributed by atoms with Crippen molar-refractivity contribution in [2.75, 3.05) is 0 Å². The Labute approximate surface area is 105 Å². The first-order valence-electron chi connectivity index (χ1n) is 5.85. The van der Waals surface area contributed by atoms with Crippen molar-refractivity contribution in [2.45, 2.75) is 39.7 Å². The smallest absolute Gasteiger partial charge is 0.194 e. The SMILES string of the molecule is CC(C)(C)CCC(NN)c1cc(F)c(F)c(F)c1. The number of nitrogens with two attached hydrogens (primary N) is 1. The lowest BCUT2D eigenvalue weighted by Gasteiger charge is -2.23. The Morgan fingerprint density at radius 1 is 1.17 bits per heavy atom. The van der Waals surface area contributed by atoms with Crippen LogP contribution < -0.4 is 11.3 Å². The average molecular weight is 260 g/mol. The maximum absolute atomic E-state index is 13.1. The summed E-state index contributed by atoms with van der Waals surface area (Å²) in [6.07, 6.45) is 1.44. The Morgan fingerprint density at radius 3 is 2.06 bits per heavy atom. The molecule has 0 aliphatic carbocycles. The van der Waals surface area contributed by atoms with Gasteiger partial charge in [-0.15, -0.1) is 0 Å². The molecule has 0 aromatic heterocycles. The Bertz CT molecular complexity index is 390. The second kappa shape index (κ2) is 5.71. The molecule has 0 radical (unpaired) electrons. The Kier molecular flexibility index (Phi) is 4.76. The highest BCUT2D eigenvalue weighted by molar-refractivity contribution is 5.22. The van der Waals surface area contributed by atoms with E-state index >= 15 is 0 Å². The van der Waals surface area contributed by atoms with Crippen LogP contribution in [-0.4, -0.2) is 0 Å². The molecule has 0 bridgehead atoms. The third-order valence-electron chi connectivity index (χ3n) is 2.79. The van der Waals surface area contributed by atoms with Gasteiger partial charge in [0.15, 0.2) is 17.5 Å². The molecule has 0 aliphatic heterocycles. The Balaban J connectivity index is 2.89. The van der Waals surface area contributed by atoms with Crippen molar-refractivity contribution in [1.29, 1.82) is 0 Å². The Hall–Kier alpha value is -1.07. The van der Waals surface area contributed by atoms with E-state index in [0.29, 0.717) is 12.0 Å². The van der Waals surface area contributed by atoms with Crippen LogP contribution in [-0.2, 0) is 0 Å². The summed E-state index contributed by atoms with van der Waals surface area (Å²) < 4.78 is 39.1. The number of nitrogens with one attached hydrogen (secondary N) is 1. The molecule has 3 N–H and O–H groups in total. The van der Waals surface area contributed by atoms with Crippen molar-refractivity contribution in [3.05, 3.63) is 35.1 Å². The van der Waals surface area contributed by atoms with Gasteiger partial charge in [-0.3, -0.25) is 11.3 Å². The maximum atomic E-state index is 13.1. The number of hydrazine groups is 1. The molecule has 0 saturated heterocycles. The summed E-state index contributed by atoms with van der Waals surface area (Å²) in [5, 5.41) is 0. The van der Waals surface area contributed by atoms with E-state index in [1.165, 1.54) is 0 Å². The van der Waals surface area contributed by atoms with Crippen molar-refractivity contribution in [2.24, 2.45) is 11.3 Å². The molecule has 1 unspecified atom stereocenters. The molecule has 0 fully saturated rings. The first-order valence-corrected chi connectivity index (χ1v) is 5.85. The molecule has 5 heteroatoms. The highest BCUT2D eigenvalue weighted by Gasteiger charge is 2.19. The van der Waals surface area contributed by atoms with E-state index in [0.717, 1.165) is 18.6 Å². The van der Waals surface area contributed by atoms with Crippen LogP contribution in [0.5, 0.6) is 0 Å². The zero-order valence-corrected chi connectivity index (χ0v) is 10.9. The highest BCUT2D eigenvalue weighted by Crippen LogP contribution is 2.28. The van der Waals surface area contributed by atoms with Crippen LogP contribution in [0.15, 0.2) is 12.1 Å². The number of rotatable bonds is 4. The number of hydrogen-bond donors (Lipinski definition) is 2. The molecule has 1 atom stereocenters. The lowest BCUT2D eigenvalue weighted by Crippen LogP contribution is -2.29. The van der Waals surface area contributed by atoms with Crippen LogP contribution >= 0.6 is 0 Å². The van der Waals surface area contributed by atoms with Crippen molar-refractivity contribution < 1.29 is 13.2 Å². The summed E-state index contributed by atoms with van der Waals surface area (Å²) in [6.45, 7) is 6.19. The van der Waals surface area contributed by atoms with Gasteiger partial charge in [0.2, 0.25) is 0 Å². The highest BCUT2D eigenvalue weighted by atomic mass is 19.2. The van der Waals surface area contributed by atoms with Gasteiger partial charge in [0.1, 0.15) is 0 Å². The fourth-order valence-electron chi connectivity index (χ4n) is 1.70. The van der Waals surface area contributed by atoms with Gasteiger partial charge in [-0.25, -0.2) is 13.2 Å². The molecule has 2 nitrogen and oxygen atoms in total. The molecular weight excluding hydrogens is 241 g/mol. The lowest BCUT2D eigenvalue weighted by atomic mass is 9.87. The van der Waals surface area contributed by atoms with Crippen LogP contribution in [0.3, 0.4) is 0 Å². The summed E-state index contributed by atoms with van der Waals surface area (Å²) in [6, 6.07) is 1.56. The predicted octanol–water partition coefficient (Wildman–Crippen LogP) is 3.43. The molecule has 0 heterocycles. The van der Waals surface area contributed by atoms with E-state index in [1.54, 1.807) is 0 Å². The Morgan fingerprint density at radius 2 is 1.67 bits per heavy atom. The van der Waals surface area contributed by atoms with Gasteiger partial charge in [-0.1, -0.05) is 20.8 Å². The fourth-order valence-corrected chi connectivity index (χ4v) is 1.70. The van der Waals surface area contributed by atoms with Gasteiger partial charge < -0.3 is 0 Å². The second-order valence-electron chi connectivity index (χ2n) is 5.62. The summed E-state index contributed by atoms with van der Waals surface area (Å²) in [4.78, 5) is 0. The van der Waals surface area contributed by atoms with E-state index in [1.807, 2.05) is 0 Å². The van der Waals surface area contributed by atoms with Crippen LogP contribution in [0, 0.1) is 22.9 Å². The third-order valence-corrected chi connectivity index (χ3v) is 2.79. The van der Waals surface area contributed by atoms with Gasteiger partial charge in [0.25, 0.3) is 0 Å². The molecule has 102 valence electrons. The number of benzene rings is 1. The summed E-state index contributed by atoms with van der Waals surface area (Å²) >= 11 is 0. The van der Waals surface area contributed by atoms with E-state index in [4.69, 9.17) is 5.84 Å². The molecule has 1 aromatic carbocycles. The standard InChI is InChI=1S/C13H19F3N2/c1-13(2,3)5-4-11(18-17)8-6-9(14)12(16)10(15)7-8/h6-7,11,18H,4-5,17H2,1-3H3. The predicted molar refractivity (Wildman–Crippen MR) is 65.1 cm³/mol. The summed E-state index contributed by atoms with van der Waals surface area (Å²) in [5.74, 6) is 1.54. The zero-order valence-electron chi connectivity index (χ0n) is 10.9. The first kappa shape index (κ1) is 15.0. The minimum atomic E-state index is -1.45. The molecule has 0 aliphatic rings. The number of halogens is 3. The van der Waals surface area contributed by atoms with Crippen molar-refractivity contribution in [1.82, 2.24) is 5.43 Å². The molecule has 0 spiro atoms. The van der Waals surface area contributed by atoms with E-state index in [9.17, 15) is 13.2 Å². The fraction of sp³-hybridized carbons (Fsp3) is 0.538. The average Bonchev–Trinajstić information content (AvgIpc) is 2.25. The molecule has 1 rings (SSSR count). The molecule has 18 heavy (non-hydrogen) atoms. The molecule has 1 aromatic rings. The quantitative estimate of drug-likeness (QED) is 0.494. The molecular formula is C13H19F3N2. The van der Waals surface area contributed by atoms with Crippen molar-refractivity contribution >= 4 is 0 Å². The molecule has 0 saturated carbocycles. The van der Waals surface area contributed by atoms with Crippen LogP contribution in [0.2, 0.25) is 0 Å². The van der Waals surface area contributed by atoms with Crippen LogP contribution in [0.1, 0.15) is 45.2 Å². The van der Waals surface area contributed by atoms with Gasteiger partial charge in [0.05, 0.1) is 0 Å². The van der Waals surface area contributed by atoms with E-state index < -0.39 is 23.5 Å². The number of hydrogen-bond acceptors (Lipinski definition) is 2. The third kappa shape index (κ3) is 3.99. The first-order chi connectivity index (χ1) is 8.24. The van der Waals surface area contributed by atoms with Crippen LogP contribution in [0.25, 0.3) is 0 Å². The van der Waals surface area contributed by atoms with Crippen molar-refractivity contribution in [3.8, 4) is 0 Å². The normalized spacial score (nSPS) is 13.7. The van der Waals surface area contributed by atoms with Gasteiger partial charge in [-0.2, -0.15) is 0 Å². The van der Waals surface area contributed by atoms with Crippen molar-refractivity contribution in [3.63, 3.8) is 0 Å². The second-order valence-corrected chi connectivity index (χ2v) is 5.62. The minimum absolute atomic E-state index is 0.0895. The summed E-state index contributed by atoms with van der Waals surface area (Å²) in [7, 11) is 0. The maximum Gasteiger partial charge on any atom is 0.194 e. The molecule has 0 amide bonds. The van der Waals surface area contributed by atoms with E-state index in [2.05, 4.69) is 26.2 Å². The monoisotopic (exact) mass is 260 g/mol. The van der Waals surface area contributed by atoms with E-state index in [-0.39, 0.29) is 5.41 Å². The van der Waals surface area contributed by atoms with Gasteiger partial charge in [0, 0.05) is 6.04 Å². The van der Waals surface area contributed by atoms with Gasteiger partial charge >= 0.3 is 0 Å². The largest absolute Gasteiger partial charge is 0.271 e. The minimum Gasteiger partial charge on any atom is -0.271 e. The topological polar surface area (TPSA) is 38.0 Å². The summed E-state index contributed by atoms with van der Waals surface area (Å²) in [5.41, 5.74) is 2.92. The zero-order chi connectivity index (χ0) is 13.9.